The Balaban J connectivity index is 1.82. The quantitative estimate of drug-likeness (QED) is 0.0593. The fourth-order valence-corrected chi connectivity index (χ4v) is 7.95. The Morgan fingerprint density at radius 3 is 1.15 bits per heavy atom. The van der Waals surface area contributed by atoms with Gasteiger partial charge in [0, 0.05) is 4.90 Å². The van der Waals surface area contributed by atoms with Gasteiger partial charge >= 0.3 is 56.7 Å². The SMILES string of the molecule is C=Cc1ccc(CCCCCc2c(C(F)(F)F)cc(OB(Oc3cc(C(F)(F)F)cc(C(F)(F)F)c3)Oc3cc(C(F)(F)F)cc(C(F)(F)F)c3)c(Sc3cc(C(F)(F)F)cc(C(F)(F)F)c3)c2C(F)(F)F)cc1. The Bertz CT molecular complexity index is 2610. The van der Waals surface area contributed by atoms with E-state index in [9.17, 15) is 79.0 Å². The number of hydrogen-bond donors (Lipinski definition) is 0. The minimum absolute atomic E-state index is 0.0803. The minimum Gasteiger partial charge on any atom is -0.490 e. The van der Waals surface area contributed by atoms with Gasteiger partial charge in [0.1, 0.15) is 17.2 Å². The number of hydrogen-bond acceptors (Lipinski definition) is 4. The van der Waals surface area contributed by atoms with Crippen molar-refractivity contribution in [2.75, 3.05) is 0 Å². The van der Waals surface area contributed by atoms with Crippen LogP contribution >= 0.6 is 11.8 Å². The van der Waals surface area contributed by atoms with Crippen molar-refractivity contribution in [3.8, 4) is 17.2 Å². The highest BCUT2D eigenvalue weighted by atomic mass is 32.2. The first kappa shape index (κ1) is 58.9. The van der Waals surface area contributed by atoms with E-state index in [1.165, 1.54) is 6.08 Å². The lowest BCUT2D eigenvalue weighted by atomic mass is 9.93. The molecule has 5 aromatic carbocycles. The van der Waals surface area contributed by atoms with E-state index in [4.69, 9.17) is 14.0 Å². The van der Waals surface area contributed by atoms with Gasteiger partial charge < -0.3 is 14.0 Å². The third-order valence-electron chi connectivity index (χ3n) is 10.1. The van der Waals surface area contributed by atoms with Gasteiger partial charge in [-0.25, -0.2) is 0 Å². The summed E-state index contributed by atoms with van der Waals surface area (Å²) in [7, 11) is -3.70. The predicted molar refractivity (Wildman–Crippen MR) is 215 cm³/mol. The molecule has 0 atom stereocenters. The summed E-state index contributed by atoms with van der Waals surface area (Å²) in [5, 5.41) is 0. The van der Waals surface area contributed by atoms with Crippen molar-refractivity contribution in [3.05, 3.63) is 153 Å². The van der Waals surface area contributed by atoms with E-state index < -0.39 is 183 Å². The van der Waals surface area contributed by atoms with Crippen LogP contribution in [0.15, 0.2) is 101 Å². The second kappa shape index (κ2) is 21.3. The topological polar surface area (TPSA) is 27.7 Å². The first-order valence-electron chi connectivity index (χ1n) is 20.3. The standard InChI is InChI=1S/C45H27BF24O3S/c1-2-22-8-10-23(11-9-22)6-4-3-5-7-33-34(44(65,66)67)21-35(37(36(33)45(68,69)70)74-32-19-28(42(59,60)61)14-29(20-32)43(62,63)64)73-46(71-30-15-24(38(47,48)49)12-25(16-30)39(50,51)52)72-31-17-26(40(53,54)55)13-27(18-31)41(56,57)58/h2,8-21H,1,3-7H2. The van der Waals surface area contributed by atoms with Gasteiger partial charge in [0.2, 0.25) is 0 Å². The summed E-state index contributed by atoms with van der Waals surface area (Å²) in [4.78, 5) is -3.48. The summed E-state index contributed by atoms with van der Waals surface area (Å²) in [6.45, 7) is 3.57. The van der Waals surface area contributed by atoms with Crippen LogP contribution in [-0.4, -0.2) is 7.32 Å². The number of rotatable bonds is 15. The molecule has 74 heavy (non-hydrogen) atoms. The summed E-state index contributed by atoms with van der Waals surface area (Å²) < 4.78 is 357. The molecule has 0 radical (unpaired) electrons. The van der Waals surface area contributed by atoms with Gasteiger partial charge in [-0.1, -0.05) is 55.1 Å². The largest absolute Gasteiger partial charge is 0.864 e. The van der Waals surface area contributed by atoms with Crippen LogP contribution in [0.2, 0.25) is 0 Å². The number of alkyl halides is 24. The maximum absolute atomic E-state index is 15.5. The molecule has 0 unspecified atom stereocenters. The Labute approximate surface area is 405 Å². The molecular formula is C45H27BF24O3S. The number of aryl methyl sites for hydroxylation is 1. The fraction of sp³-hybridized carbons (Fsp3) is 0.289. The van der Waals surface area contributed by atoms with Crippen molar-refractivity contribution in [3.63, 3.8) is 0 Å². The summed E-state index contributed by atoms with van der Waals surface area (Å²) in [5.41, 5.74) is -19.0. The highest BCUT2D eigenvalue weighted by molar-refractivity contribution is 7.99. The van der Waals surface area contributed by atoms with Gasteiger partial charge in [0.05, 0.1) is 49.4 Å². The maximum atomic E-state index is 15.5. The third-order valence-corrected chi connectivity index (χ3v) is 11.2. The summed E-state index contributed by atoms with van der Waals surface area (Å²) >= 11 is -0.842. The van der Waals surface area contributed by atoms with Crippen LogP contribution in [0.3, 0.4) is 0 Å². The van der Waals surface area contributed by atoms with Crippen molar-refractivity contribution in [1.82, 2.24) is 0 Å². The molecule has 0 fully saturated rings. The number of halogens is 24. The monoisotopic (exact) mass is 1110 g/mol. The van der Waals surface area contributed by atoms with Gasteiger partial charge in [-0.3, -0.25) is 0 Å². The molecule has 0 aliphatic heterocycles. The van der Waals surface area contributed by atoms with Crippen molar-refractivity contribution >= 4 is 25.2 Å². The molecule has 3 nitrogen and oxygen atoms in total. The molecule has 0 aliphatic rings. The van der Waals surface area contributed by atoms with Crippen molar-refractivity contribution in [1.29, 1.82) is 0 Å². The molecule has 0 bridgehead atoms. The Morgan fingerprint density at radius 1 is 0.419 bits per heavy atom. The molecule has 0 aliphatic carbocycles. The average Bonchev–Trinajstić information content (AvgIpc) is 3.24. The zero-order valence-corrected chi connectivity index (χ0v) is 37.0. The molecule has 5 rings (SSSR count). The zero-order chi connectivity index (χ0) is 55.8. The van der Waals surface area contributed by atoms with E-state index in [1.54, 1.807) is 24.3 Å². The number of benzene rings is 5. The van der Waals surface area contributed by atoms with Gasteiger partial charge in [0.25, 0.3) is 0 Å². The van der Waals surface area contributed by atoms with Crippen LogP contribution in [0.25, 0.3) is 6.08 Å². The normalized spacial score (nSPS) is 13.2. The van der Waals surface area contributed by atoms with E-state index >= 15 is 26.3 Å². The van der Waals surface area contributed by atoms with Crippen molar-refractivity contribution < 1.29 is 119 Å². The molecule has 402 valence electrons. The highest BCUT2D eigenvalue weighted by Crippen LogP contribution is 2.52. The fourth-order valence-electron chi connectivity index (χ4n) is 6.80. The molecule has 0 saturated carbocycles. The smallest absolute Gasteiger partial charge is 0.490 e. The molecule has 0 heterocycles. The lowest BCUT2D eigenvalue weighted by molar-refractivity contribution is -0.147. The van der Waals surface area contributed by atoms with E-state index in [0.29, 0.717) is 11.1 Å². The average molecular weight is 1110 g/mol. The molecule has 0 saturated heterocycles. The lowest BCUT2D eigenvalue weighted by Gasteiger charge is -2.26. The van der Waals surface area contributed by atoms with Crippen LogP contribution < -0.4 is 14.0 Å². The third kappa shape index (κ3) is 15.5. The first-order chi connectivity index (χ1) is 33.6. The van der Waals surface area contributed by atoms with Gasteiger partial charge in [-0.2, -0.15) is 105 Å². The lowest BCUT2D eigenvalue weighted by Crippen LogP contribution is -2.38. The highest BCUT2D eigenvalue weighted by Gasteiger charge is 2.47. The molecule has 0 amide bonds. The predicted octanol–water partition coefficient (Wildman–Crippen LogP) is 18.1. The van der Waals surface area contributed by atoms with Gasteiger partial charge in [-0.15, -0.1) is 0 Å². The minimum atomic E-state index is -6.19. The second-order valence-electron chi connectivity index (χ2n) is 15.6. The van der Waals surface area contributed by atoms with Crippen molar-refractivity contribution in [2.24, 2.45) is 0 Å². The molecule has 0 aromatic heterocycles. The van der Waals surface area contributed by atoms with Crippen LogP contribution in [0.1, 0.15) is 80.5 Å². The van der Waals surface area contributed by atoms with E-state index in [0.717, 1.165) is 0 Å². The molecule has 0 N–H and O–H groups in total. The number of unbranched alkanes of at least 4 members (excludes halogenated alkanes) is 2. The summed E-state index contributed by atoms with van der Waals surface area (Å²) in [6.07, 6.45) is -47.0. The van der Waals surface area contributed by atoms with Crippen molar-refractivity contribution in [2.45, 2.75) is 91.3 Å². The second-order valence-corrected chi connectivity index (χ2v) is 16.7. The zero-order valence-electron chi connectivity index (χ0n) is 36.2. The Kier molecular flexibility index (Phi) is 16.9. The molecular weight excluding hydrogens is 1090 g/mol. The molecule has 29 heteroatoms. The van der Waals surface area contributed by atoms with Gasteiger partial charge in [-0.05, 0) is 103 Å². The summed E-state index contributed by atoms with van der Waals surface area (Å²) in [5.74, 6) is -5.84. The van der Waals surface area contributed by atoms with E-state index in [2.05, 4.69) is 6.58 Å². The molecule has 5 aromatic rings. The van der Waals surface area contributed by atoms with E-state index in [-0.39, 0.29) is 55.7 Å². The van der Waals surface area contributed by atoms with Crippen LogP contribution in [0, 0.1) is 0 Å². The Morgan fingerprint density at radius 2 is 0.797 bits per heavy atom. The van der Waals surface area contributed by atoms with E-state index in [1.807, 2.05) is 0 Å². The van der Waals surface area contributed by atoms with Crippen LogP contribution in [-0.2, 0) is 62.3 Å². The first-order valence-corrected chi connectivity index (χ1v) is 21.1. The Hall–Kier alpha value is -6.03. The maximum Gasteiger partial charge on any atom is 0.864 e. The molecule has 0 spiro atoms. The van der Waals surface area contributed by atoms with Gasteiger partial charge in [0.15, 0.2) is 0 Å². The van der Waals surface area contributed by atoms with Crippen LogP contribution in [0.5, 0.6) is 17.2 Å². The van der Waals surface area contributed by atoms with Crippen LogP contribution in [0.4, 0.5) is 105 Å². The summed E-state index contributed by atoms with van der Waals surface area (Å²) in [6, 6.07) is 2.42.